The van der Waals surface area contributed by atoms with Crippen LogP contribution in [0.4, 0.5) is 0 Å². The zero-order chi connectivity index (χ0) is 15.5. The Bertz CT molecular complexity index is 639. The van der Waals surface area contributed by atoms with Gasteiger partial charge in [0.05, 0.1) is 11.5 Å². The van der Waals surface area contributed by atoms with Gasteiger partial charge in [0.1, 0.15) is 0 Å². The Morgan fingerprint density at radius 1 is 1.27 bits per heavy atom. The molecule has 3 heterocycles. The summed E-state index contributed by atoms with van der Waals surface area (Å²) in [6.45, 7) is 10.8. The van der Waals surface area contributed by atoms with Crippen LogP contribution in [0.25, 0.3) is 10.8 Å². The summed E-state index contributed by atoms with van der Waals surface area (Å²) in [5.74, 6) is 1.35. The summed E-state index contributed by atoms with van der Waals surface area (Å²) in [7, 11) is 0. The second-order valence-corrected chi connectivity index (χ2v) is 7.40. The standard InChI is InChI=1S/C15H22N4OS2/c1-12(2)10-17-5-7-18(8-6-17)11-19-15(21)20-14(16-19)13-4-3-9-22-13/h3-4,9,12H,5-8,10-11H2,1-2H3. The van der Waals surface area contributed by atoms with Crippen molar-refractivity contribution < 1.29 is 4.42 Å². The van der Waals surface area contributed by atoms with Gasteiger partial charge in [-0.2, -0.15) is 0 Å². The van der Waals surface area contributed by atoms with Crippen molar-refractivity contribution >= 4 is 23.6 Å². The highest BCUT2D eigenvalue weighted by Gasteiger charge is 2.19. The van der Waals surface area contributed by atoms with Crippen LogP contribution in [-0.2, 0) is 6.67 Å². The van der Waals surface area contributed by atoms with Gasteiger partial charge >= 0.3 is 0 Å². The van der Waals surface area contributed by atoms with Crippen LogP contribution in [0, 0.1) is 10.8 Å². The predicted molar refractivity (Wildman–Crippen MR) is 91.5 cm³/mol. The lowest BCUT2D eigenvalue weighted by Gasteiger charge is -2.35. The van der Waals surface area contributed by atoms with Crippen molar-refractivity contribution in [3.63, 3.8) is 0 Å². The van der Waals surface area contributed by atoms with Crippen LogP contribution in [0.3, 0.4) is 0 Å². The van der Waals surface area contributed by atoms with Crippen LogP contribution in [0.5, 0.6) is 0 Å². The minimum Gasteiger partial charge on any atom is -0.408 e. The van der Waals surface area contributed by atoms with Crippen LogP contribution in [0.15, 0.2) is 21.9 Å². The number of aromatic nitrogens is 2. The molecule has 0 atom stereocenters. The molecular weight excluding hydrogens is 316 g/mol. The first-order chi connectivity index (χ1) is 10.6. The number of nitrogens with zero attached hydrogens (tertiary/aromatic N) is 4. The van der Waals surface area contributed by atoms with Gasteiger partial charge in [0.2, 0.25) is 0 Å². The fourth-order valence-electron chi connectivity index (χ4n) is 2.71. The minimum absolute atomic E-state index is 0.452. The molecule has 5 nitrogen and oxygen atoms in total. The quantitative estimate of drug-likeness (QED) is 0.783. The van der Waals surface area contributed by atoms with Crippen LogP contribution in [0.2, 0.25) is 0 Å². The van der Waals surface area contributed by atoms with E-state index in [4.69, 9.17) is 16.6 Å². The molecular formula is C15H22N4OS2. The number of thiophene rings is 1. The second-order valence-electron chi connectivity index (χ2n) is 6.10. The van der Waals surface area contributed by atoms with Crippen LogP contribution in [-0.4, -0.2) is 52.3 Å². The molecule has 1 fully saturated rings. The smallest absolute Gasteiger partial charge is 0.288 e. The van der Waals surface area contributed by atoms with E-state index in [1.54, 1.807) is 16.0 Å². The summed E-state index contributed by atoms with van der Waals surface area (Å²) in [6.07, 6.45) is 0. The summed E-state index contributed by atoms with van der Waals surface area (Å²) in [4.78, 5) is 6.38. The molecule has 0 N–H and O–H groups in total. The predicted octanol–water partition coefficient (Wildman–Crippen LogP) is 3.17. The van der Waals surface area contributed by atoms with E-state index in [-0.39, 0.29) is 0 Å². The average molecular weight is 339 g/mol. The van der Waals surface area contributed by atoms with Crippen molar-refractivity contribution in [1.82, 2.24) is 19.6 Å². The largest absolute Gasteiger partial charge is 0.408 e. The molecule has 0 aromatic carbocycles. The van der Waals surface area contributed by atoms with E-state index in [0.717, 1.165) is 37.0 Å². The number of hydrogen-bond donors (Lipinski definition) is 0. The van der Waals surface area contributed by atoms with Gasteiger partial charge in [-0.3, -0.25) is 4.90 Å². The van der Waals surface area contributed by atoms with Crippen LogP contribution in [0.1, 0.15) is 13.8 Å². The Kier molecular flexibility index (Phi) is 5.07. The molecule has 7 heteroatoms. The van der Waals surface area contributed by atoms with Crippen molar-refractivity contribution in [3.8, 4) is 10.8 Å². The molecule has 0 unspecified atom stereocenters. The fraction of sp³-hybridized carbons (Fsp3) is 0.600. The van der Waals surface area contributed by atoms with E-state index >= 15 is 0 Å². The fourth-order valence-corrected chi connectivity index (χ4v) is 3.54. The first-order valence-corrected chi connectivity index (χ1v) is 8.97. The number of rotatable bonds is 5. The molecule has 2 aromatic heterocycles. The highest BCUT2D eigenvalue weighted by molar-refractivity contribution is 7.71. The van der Waals surface area contributed by atoms with Crippen molar-refractivity contribution in [3.05, 3.63) is 22.4 Å². The molecule has 2 aromatic rings. The summed E-state index contributed by atoms with van der Waals surface area (Å²) >= 11 is 6.91. The molecule has 3 rings (SSSR count). The van der Waals surface area contributed by atoms with E-state index < -0.39 is 0 Å². The molecule has 0 amide bonds. The molecule has 0 saturated carbocycles. The maximum Gasteiger partial charge on any atom is 0.288 e. The van der Waals surface area contributed by atoms with Crippen molar-refractivity contribution in [2.24, 2.45) is 5.92 Å². The topological polar surface area (TPSA) is 37.4 Å². The molecule has 1 saturated heterocycles. The third-order valence-electron chi connectivity index (χ3n) is 3.76. The average Bonchev–Trinajstić information content (AvgIpc) is 3.11. The molecule has 0 bridgehead atoms. The maximum absolute atomic E-state index is 5.61. The SMILES string of the molecule is CC(C)CN1CCN(Cn2nc(-c3cccs3)oc2=S)CC1. The Morgan fingerprint density at radius 3 is 2.64 bits per heavy atom. The molecule has 1 aliphatic rings. The second kappa shape index (κ2) is 7.04. The molecule has 22 heavy (non-hydrogen) atoms. The Morgan fingerprint density at radius 2 is 2.00 bits per heavy atom. The Hall–Kier alpha value is -1.02. The lowest BCUT2D eigenvalue weighted by Crippen LogP contribution is -2.47. The van der Waals surface area contributed by atoms with Crippen LogP contribution >= 0.6 is 23.6 Å². The highest BCUT2D eigenvalue weighted by atomic mass is 32.1. The summed E-state index contributed by atoms with van der Waals surface area (Å²) < 4.78 is 7.41. The summed E-state index contributed by atoms with van der Waals surface area (Å²) in [5, 5.41) is 6.53. The highest BCUT2D eigenvalue weighted by Crippen LogP contribution is 2.23. The van der Waals surface area contributed by atoms with Gasteiger partial charge in [-0.1, -0.05) is 19.9 Å². The first kappa shape index (κ1) is 15.9. The Balaban J connectivity index is 1.59. The molecule has 0 radical (unpaired) electrons. The zero-order valence-electron chi connectivity index (χ0n) is 13.1. The van der Waals surface area contributed by atoms with Gasteiger partial charge in [0.15, 0.2) is 0 Å². The van der Waals surface area contributed by atoms with Crippen molar-refractivity contribution in [2.45, 2.75) is 20.5 Å². The molecule has 1 aliphatic heterocycles. The lowest BCUT2D eigenvalue weighted by molar-refractivity contribution is 0.0944. The monoisotopic (exact) mass is 338 g/mol. The van der Waals surface area contributed by atoms with Gasteiger partial charge < -0.3 is 9.32 Å². The summed E-state index contributed by atoms with van der Waals surface area (Å²) in [5.41, 5.74) is 0. The zero-order valence-corrected chi connectivity index (χ0v) is 14.7. The van der Waals surface area contributed by atoms with E-state index in [1.807, 2.05) is 17.5 Å². The number of piperazine rings is 1. The van der Waals surface area contributed by atoms with E-state index in [0.29, 0.717) is 17.4 Å². The first-order valence-electron chi connectivity index (χ1n) is 7.68. The summed E-state index contributed by atoms with van der Waals surface area (Å²) in [6, 6.07) is 3.99. The van der Waals surface area contributed by atoms with Crippen LogP contribution < -0.4 is 0 Å². The van der Waals surface area contributed by atoms with Gasteiger partial charge in [0.25, 0.3) is 10.7 Å². The third kappa shape index (κ3) is 3.84. The van der Waals surface area contributed by atoms with Gasteiger partial charge in [-0.15, -0.1) is 16.4 Å². The Labute approximate surface area is 140 Å². The normalized spacial score (nSPS) is 17.4. The van der Waals surface area contributed by atoms with Gasteiger partial charge in [-0.25, -0.2) is 4.68 Å². The molecule has 0 spiro atoms. The number of hydrogen-bond acceptors (Lipinski definition) is 6. The van der Waals surface area contributed by atoms with Gasteiger partial charge in [-0.05, 0) is 29.6 Å². The minimum atomic E-state index is 0.452. The van der Waals surface area contributed by atoms with E-state index in [1.165, 1.54) is 6.54 Å². The van der Waals surface area contributed by atoms with Crippen molar-refractivity contribution in [2.75, 3.05) is 32.7 Å². The van der Waals surface area contributed by atoms with Gasteiger partial charge in [0, 0.05) is 32.7 Å². The molecule has 120 valence electrons. The third-order valence-corrected chi connectivity index (χ3v) is 4.91. The lowest BCUT2D eigenvalue weighted by atomic mass is 10.2. The van der Waals surface area contributed by atoms with E-state index in [9.17, 15) is 0 Å². The molecule has 0 aliphatic carbocycles. The maximum atomic E-state index is 5.61. The van der Waals surface area contributed by atoms with Crippen molar-refractivity contribution in [1.29, 1.82) is 0 Å². The van der Waals surface area contributed by atoms with E-state index in [2.05, 4.69) is 28.7 Å².